The fourth-order valence-electron chi connectivity index (χ4n) is 3.16. The molecule has 2 radical (unpaired) electrons. The highest BCUT2D eigenvalue weighted by atomic mass is 16.5. The number of rotatable bonds is 1. The van der Waals surface area contributed by atoms with Gasteiger partial charge in [-0.1, -0.05) is 13.0 Å². The lowest BCUT2D eigenvalue weighted by Gasteiger charge is -2.35. The predicted molar refractivity (Wildman–Crippen MR) is 75.3 cm³/mol. The summed E-state index contributed by atoms with van der Waals surface area (Å²) in [4.78, 5) is 7.11. The van der Waals surface area contributed by atoms with Crippen molar-refractivity contribution >= 4 is 13.7 Å². The SMILES string of the molecule is [B]C1=CC2=C(CC1)OC1=C3C(CC=C1)N=C(CC)N23. The maximum absolute atomic E-state index is 6.07. The van der Waals surface area contributed by atoms with Crippen LogP contribution in [0.15, 0.2) is 51.6 Å². The summed E-state index contributed by atoms with van der Waals surface area (Å²) in [5.74, 6) is 3.13. The van der Waals surface area contributed by atoms with Gasteiger partial charge in [0.1, 0.15) is 25.2 Å². The second kappa shape index (κ2) is 3.89. The van der Waals surface area contributed by atoms with Crippen LogP contribution in [-0.4, -0.2) is 24.6 Å². The van der Waals surface area contributed by atoms with Crippen molar-refractivity contribution in [3.63, 3.8) is 0 Å². The Bertz CT molecular complexity index is 610. The maximum Gasteiger partial charge on any atom is 0.148 e. The Kier molecular flexibility index (Phi) is 2.28. The van der Waals surface area contributed by atoms with Crippen LogP contribution in [0.25, 0.3) is 0 Å². The zero-order valence-corrected chi connectivity index (χ0v) is 11.0. The van der Waals surface area contributed by atoms with Crippen LogP contribution in [0.2, 0.25) is 0 Å². The first-order chi connectivity index (χ1) is 9.28. The fraction of sp³-hybridized carbons (Fsp3) is 0.400. The number of hydrogen-bond donors (Lipinski definition) is 0. The Morgan fingerprint density at radius 2 is 2.37 bits per heavy atom. The van der Waals surface area contributed by atoms with Gasteiger partial charge in [-0.3, -0.25) is 9.89 Å². The van der Waals surface area contributed by atoms with Crippen molar-refractivity contribution in [1.29, 1.82) is 0 Å². The molecule has 4 aliphatic rings. The first-order valence-corrected chi connectivity index (χ1v) is 6.92. The maximum atomic E-state index is 6.07. The minimum atomic E-state index is 0.223. The summed E-state index contributed by atoms with van der Waals surface area (Å²) in [6.45, 7) is 2.15. The lowest BCUT2D eigenvalue weighted by molar-refractivity contribution is 0.254. The van der Waals surface area contributed by atoms with E-state index in [4.69, 9.17) is 17.6 Å². The second-order valence-corrected chi connectivity index (χ2v) is 5.27. The predicted octanol–water partition coefficient (Wildman–Crippen LogP) is 2.74. The number of nitrogens with zero attached hydrogens (tertiary/aromatic N) is 2. The summed E-state index contributed by atoms with van der Waals surface area (Å²) in [5.41, 5.74) is 3.22. The van der Waals surface area contributed by atoms with E-state index in [1.165, 1.54) is 5.70 Å². The molecule has 0 bridgehead atoms. The summed E-state index contributed by atoms with van der Waals surface area (Å²) in [5, 5.41) is 0. The van der Waals surface area contributed by atoms with Crippen LogP contribution in [0.4, 0.5) is 0 Å². The van der Waals surface area contributed by atoms with Gasteiger partial charge < -0.3 is 4.74 Å². The van der Waals surface area contributed by atoms with Crippen LogP contribution in [0.3, 0.4) is 0 Å². The van der Waals surface area contributed by atoms with Crippen LogP contribution < -0.4 is 0 Å². The van der Waals surface area contributed by atoms with Gasteiger partial charge in [0, 0.05) is 12.8 Å². The first kappa shape index (κ1) is 11.1. The summed E-state index contributed by atoms with van der Waals surface area (Å²) >= 11 is 0. The van der Waals surface area contributed by atoms with Crippen LogP contribution in [-0.2, 0) is 4.74 Å². The number of fused-ring (bicyclic) bond motifs is 1. The van der Waals surface area contributed by atoms with Gasteiger partial charge in [-0.25, -0.2) is 0 Å². The van der Waals surface area contributed by atoms with Crippen LogP contribution >= 0.6 is 0 Å². The molecule has 19 heavy (non-hydrogen) atoms. The van der Waals surface area contributed by atoms with Gasteiger partial charge >= 0.3 is 0 Å². The van der Waals surface area contributed by atoms with Crippen molar-refractivity contribution in [3.05, 3.63) is 46.6 Å². The Labute approximate surface area is 114 Å². The van der Waals surface area contributed by atoms with Crippen molar-refractivity contribution in [2.24, 2.45) is 4.99 Å². The Balaban J connectivity index is 1.87. The van der Waals surface area contributed by atoms with E-state index in [-0.39, 0.29) is 6.04 Å². The zero-order chi connectivity index (χ0) is 13.0. The van der Waals surface area contributed by atoms with Crippen molar-refractivity contribution in [1.82, 2.24) is 4.90 Å². The molecule has 2 heterocycles. The van der Waals surface area contributed by atoms with Crippen molar-refractivity contribution < 1.29 is 4.74 Å². The van der Waals surface area contributed by atoms with E-state index >= 15 is 0 Å². The molecule has 4 heteroatoms. The lowest BCUT2D eigenvalue weighted by Crippen LogP contribution is -2.33. The molecule has 0 aromatic carbocycles. The summed E-state index contributed by atoms with van der Waals surface area (Å²) in [6.07, 6.45) is 9.93. The topological polar surface area (TPSA) is 24.8 Å². The third-order valence-corrected chi connectivity index (χ3v) is 4.04. The number of allylic oxidation sites excluding steroid dienone is 4. The number of aliphatic imine (C=N–C) groups is 1. The Morgan fingerprint density at radius 1 is 1.47 bits per heavy atom. The van der Waals surface area contributed by atoms with Crippen molar-refractivity contribution in [3.8, 4) is 0 Å². The largest absolute Gasteiger partial charge is 0.458 e. The minimum absolute atomic E-state index is 0.223. The highest BCUT2D eigenvalue weighted by molar-refractivity contribution is 6.22. The highest BCUT2D eigenvalue weighted by Crippen LogP contribution is 2.43. The standard InChI is InChI=1S/C15H15BN2O/c1-2-14-17-10-4-3-5-13-15(10)18(14)11-8-9(16)6-7-12(11)19-13/h3,5,8,10H,2,4,6-7H2,1H3. The third-order valence-electron chi connectivity index (χ3n) is 4.04. The van der Waals surface area contributed by atoms with Gasteiger partial charge in [0.15, 0.2) is 0 Å². The summed E-state index contributed by atoms with van der Waals surface area (Å²) < 4.78 is 6.07. The lowest BCUT2D eigenvalue weighted by atomic mass is 9.85. The van der Waals surface area contributed by atoms with E-state index in [1.54, 1.807) is 0 Å². The molecule has 0 aromatic heterocycles. The fourth-order valence-corrected chi connectivity index (χ4v) is 3.16. The average Bonchev–Trinajstić information content (AvgIpc) is 2.80. The van der Waals surface area contributed by atoms with Crippen molar-refractivity contribution in [2.75, 3.05) is 0 Å². The number of ether oxygens (including phenoxy) is 1. The molecular formula is C15H15BN2O. The van der Waals surface area contributed by atoms with Gasteiger partial charge in [0.2, 0.25) is 0 Å². The molecule has 2 aliphatic carbocycles. The van der Waals surface area contributed by atoms with Gasteiger partial charge in [-0.2, -0.15) is 0 Å². The van der Waals surface area contributed by atoms with E-state index in [9.17, 15) is 0 Å². The molecule has 3 nitrogen and oxygen atoms in total. The van der Waals surface area contributed by atoms with E-state index in [0.717, 1.165) is 54.2 Å². The molecule has 1 atom stereocenters. The normalized spacial score (nSPS) is 27.8. The number of hydrogen-bond acceptors (Lipinski definition) is 3. The van der Waals surface area contributed by atoms with Gasteiger partial charge in [0.25, 0.3) is 0 Å². The molecule has 0 saturated carbocycles. The van der Waals surface area contributed by atoms with Gasteiger partial charge in [-0.05, 0) is 25.0 Å². The molecule has 0 aromatic rings. The molecule has 0 saturated heterocycles. The molecular weight excluding hydrogens is 235 g/mol. The smallest absolute Gasteiger partial charge is 0.148 e. The number of amidine groups is 1. The van der Waals surface area contributed by atoms with Crippen LogP contribution in [0.5, 0.6) is 0 Å². The minimum Gasteiger partial charge on any atom is -0.458 e. The monoisotopic (exact) mass is 250 g/mol. The summed E-state index contributed by atoms with van der Waals surface area (Å²) in [7, 11) is 6.00. The molecule has 0 amide bonds. The van der Waals surface area contributed by atoms with Gasteiger partial charge in [0.05, 0.1) is 17.4 Å². The Hall–Kier alpha value is -1.71. The van der Waals surface area contributed by atoms with Crippen LogP contribution in [0, 0.1) is 0 Å². The molecule has 0 N–H and O–H groups in total. The summed E-state index contributed by atoms with van der Waals surface area (Å²) in [6, 6.07) is 0.223. The molecule has 1 unspecified atom stereocenters. The Morgan fingerprint density at radius 3 is 3.21 bits per heavy atom. The quantitative estimate of drug-likeness (QED) is 0.668. The van der Waals surface area contributed by atoms with E-state index in [2.05, 4.69) is 30.1 Å². The average molecular weight is 250 g/mol. The van der Waals surface area contributed by atoms with E-state index < -0.39 is 0 Å². The molecule has 0 fully saturated rings. The molecule has 94 valence electrons. The molecule has 0 spiro atoms. The first-order valence-electron chi connectivity index (χ1n) is 6.92. The van der Waals surface area contributed by atoms with E-state index in [0.29, 0.717) is 0 Å². The van der Waals surface area contributed by atoms with Gasteiger partial charge in [-0.15, -0.1) is 5.47 Å². The van der Waals surface area contributed by atoms with Crippen LogP contribution in [0.1, 0.15) is 32.6 Å². The van der Waals surface area contributed by atoms with E-state index in [1.807, 2.05) is 0 Å². The second-order valence-electron chi connectivity index (χ2n) is 5.27. The third kappa shape index (κ3) is 1.49. The molecule has 4 rings (SSSR count). The molecule has 2 aliphatic heterocycles. The van der Waals surface area contributed by atoms with Crippen molar-refractivity contribution in [2.45, 2.75) is 38.6 Å². The zero-order valence-electron chi connectivity index (χ0n) is 11.0. The highest BCUT2D eigenvalue weighted by Gasteiger charge is 2.40.